The van der Waals surface area contributed by atoms with Gasteiger partial charge in [0.25, 0.3) is 0 Å². The van der Waals surface area contributed by atoms with Crippen molar-refractivity contribution in [3.05, 3.63) is 24.3 Å². The van der Waals surface area contributed by atoms with Gasteiger partial charge in [-0.25, -0.2) is 4.98 Å². The molecule has 0 unspecified atom stereocenters. The summed E-state index contributed by atoms with van der Waals surface area (Å²) < 4.78 is 1.81. The van der Waals surface area contributed by atoms with Crippen molar-refractivity contribution < 1.29 is 9.59 Å². The molecule has 0 atom stereocenters. The highest BCUT2D eigenvalue weighted by atomic mass is 16.1. The van der Waals surface area contributed by atoms with Gasteiger partial charge >= 0.3 is 0 Å². The van der Waals surface area contributed by atoms with Crippen molar-refractivity contribution in [2.24, 2.45) is 7.05 Å². The van der Waals surface area contributed by atoms with Crippen molar-refractivity contribution >= 4 is 17.6 Å². The Morgan fingerprint density at radius 2 is 2.00 bits per heavy atom. The average Bonchev–Trinajstić information content (AvgIpc) is 2.72. The fourth-order valence-corrected chi connectivity index (χ4v) is 1.09. The Hall–Kier alpha value is -1.71. The highest BCUT2D eigenvalue weighted by molar-refractivity contribution is 5.95. The molecule has 0 aliphatic rings. The van der Waals surface area contributed by atoms with Crippen molar-refractivity contribution in [3.63, 3.8) is 0 Å². The summed E-state index contributed by atoms with van der Waals surface area (Å²) in [5, 5.41) is 0. The number of hydrogen-bond acceptors (Lipinski definition) is 3. The molecule has 4 nitrogen and oxygen atoms in total. The van der Waals surface area contributed by atoms with Crippen LogP contribution < -0.4 is 0 Å². The minimum Gasteiger partial charge on any atom is -0.335 e. The Morgan fingerprint density at radius 1 is 1.35 bits per heavy atom. The van der Waals surface area contributed by atoms with E-state index in [4.69, 9.17) is 0 Å². The first-order valence-electron chi connectivity index (χ1n) is 5.77. The third-order valence-electron chi connectivity index (χ3n) is 2.00. The van der Waals surface area contributed by atoms with E-state index in [-0.39, 0.29) is 18.0 Å². The van der Waals surface area contributed by atoms with Crippen LogP contribution in [0.15, 0.2) is 18.5 Å². The molecule has 4 heteroatoms. The molecular weight excluding hydrogens is 216 g/mol. The highest BCUT2D eigenvalue weighted by Crippen LogP contribution is 1.99. The topological polar surface area (TPSA) is 52.0 Å². The quantitative estimate of drug-likeness (QED) is 0.738. The number of nitrogens with zero attached hydrogens (tertiary/aromatic N) is 2. The first-order chi connectivity index (χ1) is 8.09. The summed E-state index contributed by atoms with van der Waals surface area (Å²) in [6.07, 6.45) is 7.17. The molecule has 0 radical (unpaired) electrons. The van der Waals surface area contributed by atoms with Crippen LogP contribution in [0.3, 0.4) is 0 Å². The monoisotopic (exact) mass is 236 g/mol. The number of ketones is 2. The van der Waals surface area contributed by atoms with E-state index in [9.17, 15) is 9.59 Å². The van der Waals surface area contributed by atoms with Crippen molar-refractivity contribution in [1.82, 2.24) is 9.55 Å². The zero-order chi connectivity index (χ0) is 13.3. The lowest BCUT2D eigenvalue weighted by Gasteiger charge is -1.94. The lowest BCUT2D eigenvalue weighted by molar-refractivity contribution is -0.120. The Labute approximate surface area is 102 Å². The number of rotatable bonds is 5. The van der Waals surface area contributed by atoms with E-state index in [1.165, 1.54) is 13.0 Å². The molecule has 0 bridgehead atoms. The zero-order valence-electron chi connectivity index (χ0n) is 10.9. The Kier molecular flexibility index (Phi) is 7.59. The largest absolute Gasteiger partial charge is 0.335 e. The summed E-state index contributed by atoms with van der Waals surface area (Å²) >= 11 is 0. The molecule has 1 aromatic rings. The number of hydrogen-bond donors (Lipinski definition) is 0. The van der Waals surface area contributed by atoms with E-state index in [1.54, 1.807) is 18.5 Å². The smallest absolute Gasteiger partial charge is 0.156 e. The zero-order valence-corrected chi connectivity index (χ0v) is 10.9. The Morgan fingerprint density at radius 3 is 2.47 bits per heavy atom. The number of Topliss-reactive ketones (excluding diaryl/α,β-unsaturated/α-hetero) is 1. The van der Waals surface area contributed by atoms with Crippen molar-refractivity contribution in [2.75, 3.05) is 0 Å². The summed E-state index contributed by atoms with van der Waals surface area (Å²) in [6, 6.07) is 0. The second-order valence-electron chi connectivity index (χ2n) is 3.40. The van der Waals surface area contributed by atoms with Gasteiger partial charge in [-0.15, -0.1) is 0 Å². The third-order valence-corrected chi connectivity index (χ3v) is 2.00. The predicted molar refractivity (Wildman–Crippen MR) is 68.5 cm³/mol. The fraction of sp³-hybridized carbons (Fsp3) is 0.462. The molecule has 0 spiro atoms. The number of imidazole rings is 1. The van der Waals surface area contributed by atoms with Gasteiger partial charge < -0.3 is 9.36 Å². The van der Waals surface area contributed by atoms with Gasteiger partial charge in [0.1, 0.15) is 11.6 Å². The molecule has 1 rings (SSSR count). The second-order valence-corrected chi connectivity index (χ2v) is 3.40. The van der Waals surface area contributed by atoms with E-state index in [0.29, 0.717) is 6.42 Å². The van der Waals surface area contributed by atoms with E-state index >= 15 is 0 Å². The molecule has 0 aromatic carbocycles. The predicted octanol–water partition coefficient (Wildman–Crippen LogP) is 2.40. The van der Waals surface area contributed by atoms with Gasteiger partial charge in [-0.2, -0.15) is 0 Å². The molecule has 0 saturated carbocycles. The Balaban J connectivity index is 0.00000121. The van der Waals surface area contributed by atoms with Crippen molar-refractivity contribution in [1.29, 1.82) is 0 Å². The van der Waals surface area contributed by atoms with Crippen LogP contribution in [0.25, 0.3) is 6.08 Å². The first-order valence-corrected chi connectivity index (χ1v) is 5.77. The second kappa shape index (κ2) is 8.44. The Bertz CT molecular complexity index is 392. The van der Waals surface area contributed by atoms with Crippen LogP contribution in [0.1, 0.15) is 39.4 Å². The van der Waals surface area contributed by atoms with Gasteiger partial charge in [0.15, 0.2) is 5.78 Å². The van der Waals surface area contributed by atoms with Crippen LogP contribution in [0, 0.1) is 0 Å². The minimum atomic E-state index is -0.0480. The maximum Gasteiger partial charge on any atom is 0.156 e. The lowest BCUT2D eigenvalue weighted by Crippen LogP contribution is -1.98. The van der Waals surface area contributed by atoms with Crippen LogP contribution in [0.2, 0.25) is 0 Å². The lowest BCUT2D eigenvalue weighted by atomic mass is 10.1. The van der Waals surface area contributed by atoms with E-state index < -0.39 is 0 Å². The van der Waals surface area contributed by atoms with Gasteiger partial charge in [-0.05, 0) is 19.1 Å². The van der Waals surface area contributed by atoms with Gasteiger partial charge in [0.05, 0.1) is 0 Å². The maximum atomic E-state index is 11.3. The number of allylic oxidation sites excluding steroid dienone is 1. The van der Waals surface area contributed by atoms with E-state index in [0.717, 1.165) is 5.82 Å². The summed E-state index contributed by atoms with van der Waals surface area (Å²) in [6.45, 7) is 5.48. The van der Waals surface area contributed by atoms with Crippen LogP contribution >= 0.6 is 0 Å². The van der Waals surface area contributed by atoms with Crippen molar-refractivity contribution in [3.8, 4) is 0 Å². The fourth-order valence-electron chi connectivity index (χ4n) is 1.09. The van der Waals surface area contributed by atoms with Crippen LogP contribution in [0.4, 0.5) is 0 Å². The number of aromatic nitrogens is 2. The van der Waals surface area contributed by atoms with Gasteiger partial charge in [0.2, 0.25) is 0 Å². The summed E-state index contributed by atoms with van der Waals surface area (Å²) in [5.74, 6) is 0.716. The molecular formula is C13H20N2O2. The number of aryl methyl sites for hydroxylation is 1. The normalized spacial score (nSPS) is 9.88. The molecule has 0 aliphatic carbocycles. The average molecular weight is 236 g/mol. The van der Waals surface area contributed by atoms with Crippen molar-refractivity contribution in [2.45, 2.75) is 33.6 Å². The molecule has 0 N–H and O–H groups in total. The van der Waals surface area contributed by atoms with Crippen LogP contribution in [-0.2, 0) is 16.6 Å². The molecule has 0 fully saturated rings. The summed E-state index contributed by atoms with van der Waals surface area (Å²) in [5.41, 5.74) is 0. The molecule has 17 heavy (non-hydrogen) atoms. The summed E-state index contributed by atoms with van der Waals surface area (Å²) in [7, 11) is 1.85. The first kappa shape index (κ1) is 15.3. The molecule has 0 saturated heterocycles. The van der Waals surface area contributed by atoms with E-state index in [1.807, 2.05) is 25.5 Å². The molecule has 0 amide bonds. The van der Waals surface area contributed by atoms with Gasteiger partial charge in [-0.1, -0.05) is 13.8 Å². The third kappa shape index (κ3) is 6.45. The molecule has 0 aliphatic heterocycles. The van der Waals surface area contributed by atoms with Gasteiger partial charge in [-0.3, -0.25) is 4.79 Å². The highest BCUT2D eigenvalue weighted by Gasteiger charge is 2.00. The molecule has 1 heterocycles. The minimum absolute atomic E-state index is 0.0359. The molecule has 94 valence electrons. The number of carbonyl (C=O) groups is 2. The number of carbonyl (C=O) groups excluding carboxylic acids is 2. The molecule has 1 aromatic heterocycles. The van der Waals surface area contributed by atoms with Crippen LogP contribution in [0.5, 0.6) is 0 Å². The van der Waals surface area contributed by atoms with E-state index in [2.05, 4.69) is 4.98 Å². The standard InChI is InChI=1S/C11H14N2O2.C2H6/c1-9(14)3-4-10(15)5-6-11-12-7-8-13(11)2;1-2/h5-8H,3-4H2,1-2H3;1-2H3/b6-5+;. The maximum absolute atomic E-state index is 11.3. The van der Waals surface area contributed by atoms with Gasteiger partial charge in [0, 0.05) is 32.3 Å². The van der Waals surface area contributed by atoms with Crippen LogP contribution in [-0.4, -0.2) is 21.1 Å². The summed E-state index contributed by atoms with van der Waals surface area (Å²) in [4.78, 5) is 26.0. The SMILES string of the molecule is CC.CC(=O)CCC(=O)/C=C/c1nccn1C.